The maximum Gasteiger partial charge on any atom is 0.340 e. The number of carbonyl (C=O) groups excluding carboxylic acids is 2. The first-order valence-corrected chi connectivity index (χ1v) is 7.33. The summed E-state index contributed by atoms with van der Waals surface area (Å²) in [6.07, 6.45) is 0. The van der Waals surface area contributed by atoms with Gasteiger partial charge in [-0.2, -0.15) is 0 Å². The molecule has 2 rings (SSSR count). The van der Waals surface area contributed by atoms with Crippen LogP contribution in [-0.2, 0) is 11.3 Å². The van der Waals surface area contributed by atoms with Gasteiger partial charge in [-0.15, -0.1) is 0 Å². The summed E-state index contributed by atoms with van der Waals surface area (Å²) in [5.41, 5.74) is 2.13. The van der Waals surface area contributed by atoms with E-state index in [0.29, 0.717) is 22.4 Å². The first-order chi connectivity index (χ1) is 11.0. The lowest BCUT2D eigenvalue weighted by Crippen LogP contribution is -2.24. The van der Waals surface area contributed by atoms with E-state index in [1.54, 1.807) is 39.0 Å². The van der Waals surface area contributed by atoms with E-state index in [1.165, 1.54) is 6.07 Å². The number of amides is 1. The van der Waals surface area contributed by atoms with Crippen LogP contribution in [0.15, 0.2) is 24.3 Å². The van der Waals surface area contributed by atoms with Crippen LogP contribution < -0.4 is 5.32 Å². The summed E-state index contributed by atoms with van der Waals surface area (Å²) in [7, 11) is 0. The number of H-pyrrole nitrogens is 1. The summed E-state index contributed by atoms with van der Waals surface area (Å²) in [6.45, 7) is 5.42. The van der Waals surface area contributed by atoms with Crippen molar-refractivity contribution in [3.63, 3.8) is 0 Å². The zero-order valence-electron chi connectivity index (χ0n) is 13.3. The molecule has 0 saturated heterocycles. The number of esters is 1. The molecule has 1 heterocycles. The second kappa shape index (κ2) is 7.09. The Balaban J connectivity index is 2.16. The summed E-state index contributed by atoms with van der Waals surface area (Å²) in [5, 5.41) is 2.65. The zero-order chi connectivity index (χ0) is 17.0. The van der Waals surface area contributed by atoms with Gasteiger partial charge in [-0.3, -0.25) is 4.79 Å². The van der Waals surface area contributed by atoms with Crippen molar-refractivity contribution in [2.45, 2.75) is 27.3 Å². The number of halogens is 1. The average Bonchev–Trinajstić information content (AvgIpc) is 2.81. The van der Waals surface area contributed by atoms with Gasteiger partial charge in [0.2, 0.25) is 0 Å². The molecular weight excluding hydrogens is 299 g/mol. The molecule has 0 radical (unpaired) electrons. The number of rotatable bonds is 5. The number of carbonyl (C=O) groups is 2. The van der Waals surface area contributed by atoms with Crippen LogP contribution in [0, 0.1) is 19.7 Å². The summed E-state index contributed by atoms with van der Waals surface area (Å²) in [5.74, 6) is -1.24. The van der Waals surface area contributed by atoms with Gasteiger partial charge in [0.05, 0.1) is 12.2 Å². The monoisotopic (exact) mass is 318 g/mol. The van der Waals surface area contributed by atoms with E-state index in [4.69, 9.17) is 4.74 Å². The third kappa shape index (κ3) is 3.59. The average molecular weight is 318 g/mol. The highest BCUT2D eigenvalue weighted by atomic mass is 19.1. The molecule has 2 N–H and O–H groups in total. The molecule has 0 atom stereocenters. The van der Waals surface area contributed by atoms with Crippen molar-refractivity contribution in [1.82, 2.24) is 10.3 Å². The van der Waals surface area contributed by atoms with Gasteiger partial charge in [0.15, 0.2) is 0 Å². The zero-order valence-corrected chi connectivity index (χ0v) is 13.3. The number of nitrogens with one attached hydrogen (secondary N) is 2. The van der Waals surface area contributed by atoms with E-state index in [0.717, 1.165) is 0 Å². The van der Waals surface area contributed by atoms with Crippen molar-refractivity contribution in [3.8, 4) is 0 Å². The Hall–Kier alpha value is -2.63. The number of aryl methyl sites for hydroxylation is 1. The van der Waals surface area contributed by atoms with Gasteiger partial charge in [-0.1, -0.05) is 18.2 Å². The Morgan fingerprint density at radius 2 is 1.96 bits per heavy atom. The quantitative estimate of drug-likeness (QED) is 0.833. The van der Waals surface area contributed by atoms with Crippen LogP contribution in [-0.4, -0.2) is 23.5 Å². The van der Waals surface area contributed by atoms with Gasteiger partial charge >= 0.3 is 5.97 Å². The third-order valence-corrected chi connectivity index (χ3v) is 3.54. The summed E-state index contributed by atoms with van der Waals surface area (Å²) in [6, 6.07) is 6.23. The summed E-state index contributed by atoms with van der Waals surface area (Å²) in [4.78, 5) is 27.1. The van der Waals surface area contributed by atoms with E-state index in [-0.39, 0.29) is 24.7 Å². The molecular formula is C17H19FN2O3. The van der Waals surface area contributed by atoms with Gasteiger partial charge in [-0.05, 0) is 32.4 Å². The maximum absolute atomic E-state index is 13.6. The minimum absolute atomic E-state index is 0.0672. The Labute approximate surface area is 133 Å². The second-order valence-corrected chi connectivity index (χ2v) is 5.12. The SMILES string of the molecule is CCOC(=O)c1c(C)[nH]c(C(=O)NCc2ccccc2F)c1C. The lowest BCUT2D eigenvalue weighted by molar-refractivity contribution is 0.0525. The van der Waals surface area contributed by atoms with Crippen molar-refractivity contribution in [2.75, 3.05) is 6.61 Å². The van der Waals surface area contributed by atoms with Crippen molar-refractivity contribution >= 4 is 11.9 Å². The van der Waals surface area contributed by atoms with E-state index < -0.39 is 11.9 Å². The van der Waals surface area contributed by atoms with Crippen LogP contribution in [0.1, 0.15) is 44.6 Å². The number of hydrogen-bond acceptors (Lipinski definition) is 3. The summed E-state index contributed by atoms with van der Waals surface area (Å²) >= 11 is 0. The van der Waals surface area contributed by atoms with Crippen molar-refractivity contribution in [1.29, 1.82) is 0 Å². The van der Waals surface area contributed by atoms with Crippen molar-refractivity contribution < 1.29 is 18.7 Å². The molecule has 0 spiro atoms. The second-order valence-electron chi connectivity index (χ2n) is 5.12. The normalized spacial score (nSPS) is 10.4. The smallest absolute Gasteiger partial charge is 0.340 e. The Morgan fingerprint density at radius 3 is 2.61 bits per heavy atom. The minimum atomic E-state index is -0.466. The van der Waals surface area contributed by atoms with E-state index in [2.05, 4.69) is 10.3 Å². The minimum Gasteiger partial charge on any atom is -0.462 e. The number of aromatic amines is 1. The predicted octanol–water partition coefficient (Wildman–Crippen LogP) is 2.88. The molecule has 2 aromatic rings. The predicted molar refractivity (Wildman–Crippen MR) is 83.8 cm³/mol. The molecule has 1 amide bonds. The number of benzene rings is 1. The van der Waals surface area contributed by atoms with Crippen LogP contribution in [0.5, 0.6) is 0 Å². The van der Waals surface area contributed by atoms with Crippen LogP contribution in [0.3, 0.4) is 0 Å². The Bertz CT molecular complexity index is 737. The molecule has 1 aromatic carbocycles. The van der Waals surface area contributed by atoms with Gasteiger partial charge in [0.1, 0.15) is 11.5 Å². The highest BCUT2D eigenvalue weighted by molar-refractivity contribution is 6.00. The van der Waals surface area contributed by atoms with Gasteiger partial charge < -0.3 is 15.0 Å². The van der Waals surface area contributed by atoms with E-state index in [9.17, 15) is 14.0 Å². The molecule has 122 valence electrons. The molecule has 0 aliphatic carbocycles. The Morgan fingerprint density at radius 1 is 1.26 bits per heavy atom. The standard InChI is InChI=1S/C17H19FN2O3/c1-4-23-17(22)14-10(2)15(20-11(14)3)16(21)19-9-12-7-5-6-8-13(12)18/h5-8,20H,4,9H2,1-3H3,(H,19,21). The van der Waals surface area contributed by atoms with Crippen molar-refractivity contribution in [2.24, 2.45) is 0 Å². The molecule has 6 heteroatoms. The first-order valence-electron chi connectivity index (χ1n) is 7.33. The third-order valence-electron chi connectivity index (χ3n) is 3.54. The van der Waals surface area contributed by atoms with Gasteiger partial charge in [0.25, 0.3) is 5.91 Å². The largest absolute Gasteiger partial charge is 0.462 e. The fraction of sp³-hybridized carbons (Fsp3) is 0.294. The Kier molecular flexibility index (Phi) is 5.16. The molecule has 0 aliphatic heterocycles. The maximum atomic E-state index is 13.6. The molecule has 0 fully saturated rings. The molecule has 0 saturated carbocycles. The lowest BCUT2D eigenvalue weighted by Gasteiger charge is -2.06. The van der Waals surface area contributed by atoms with Gasteiger partial charge in [-0.25, -0.2) is 9.18 Å². The first kappa shape index (κ1) is 16.7. The molecule has 5 nitrogen and oxygen atoms in total. The molecule has 23 heavy (non-hydrogen) atoms. The van der Waals surface area contributed by atoms with Crippen molar-refractivity contribution in [3.05, 3.63) is 58.2 Å². The van der Waals surface area contributed by atoms with E-state index in [1.807, 2.05) is 0 Å². The van der Waals surface area contributed by atoms with Crippen LogP contribution in [0.4, 0.5) is 4.39 Å². The summed E-state index contributed by atoms with van der Waals surface area (Å²) < 4.78 is 18.5. The topological polar surface area (TPSA) is 71.2 Å². The van der Waals surface area contributed by atoms with Crippen LogP contribution >= 0.6 is 0 Å². The molecule has 1 aromatic heterocycles. The van der Waals surface area contributed by atoms with Crippen LogP contribution in [0.25, 0.3) is 0 Å². The molecule has 0 bridgehead atoms. The molecule has 0 unspecified atom stereocenters. The number of aromatic nitrogens is 1. The highest BCUT2D eigenvalue weighted by Gasteiger charge is 2.22. The highest BCUT2D eigenvalue weighted by Crippen LogP contribution is 2.19. The molecule has 0 aliphatic rings. The number of hydrogen-bond donors (Lipinski definition) is 2. The number of ether oxygens (including phenoxy) is 1. The van der Waals surface area contributed by atoms with Gasteiger partial charge in [0, 0.05) is 17.8 Å². The van der Waals surface area contributed by atoms with Crippen LogP contribution in [0.2, 0.25) is 0 Å². The lowest BCUT2D eigenvalue weighted by atomic mass is 10.1. The fourth-order valence-electron chi connectivity index (χ4n) is 2.39. The van der Waals surface area contributed by atoms with E-state index >= 15 is 0 Å². The fourth-order valence-corrected chi connectivity index (χ4v) is 2.39.